The Hall–Kier alpha value is -0.840. The van der Waals surface area contributed by atoms with E-state index in [4.69, 9.17) is 23.8 Å². The summed E-state index contributed by atoms with van der Waals surface area (Å²) in [7, 11) is 0. The van der Waals surface area contributed by atoms with E-state index in [1.807, 2.05) is 25.1 Å². The zero-order valence-corrected chi connectivity index (χ0v) is 13.7. The van der Waals surface area contributed by atoms with Gasteiger partial charge in [0, 0.05) is 29.8 Å². The molecule has 1 aliphatic heterocycles. The van der Waals surface area contributed by atoms with Crippen molar-refractivity contribution in [2.24, 2.45) is 0 Å². The Morgan fingerprint density at radius 2 is 2.10 bits per heavy atom. The van der Waals surface area contributed by atoms with Crippen LogP contribution in [0.2, 0.25) is 5.02 Å². The summed E-state index contributed by atoms with van der Waals surface area (Å²) in [6, 6.07) is 6.28. The molecule has 0 atom stereocenters. The molecule has 1 heterocycles. The summed E-state index contributed by atoms with van der Waals surface area (Å²) in [6.07, 6.45) is 2.29. The zero-order valence-electron chi connectivity index (χ0n) is 12.1. The lowest BCUT2D eigenvalue weighted by Gasteiger charge is -2.32. The SMILES string of the molecule is CCN1CCC(NC(=S)Nc2cccc(Cl)c2C)CC1. The molecule has 0 aliphatic carbocycles. The third kappa shape index (κ3) is 4.08. The van der Waals surface area contributed by atoms with Crippen LogP contribution in [0.4, 0.5) is 5.69 Å². The van der Waals surface area contributed by atoms with Crippen molar-refractivity contribution in [3.63, 3.8) is 0 Å². The fourth-order valence-corrected chi connectivity index (χ4v) is 2.93. The molecule has 20 heavy (non-hydrogen) atoms. The average Bonchev–Trinajstić information content (AvgIpc) is 2.45. The highest BCUT2D eigenvalue weighted by molar-refractivity contribution is 7.80. The van der Waals surface area contributed by atoms with Gasteiger partial charge in [0.25, 0.3) is 0 Å². The van der Waals surface area contributed by atoms with Crippen molar-refractivity contribution in [2.45, 2.75) is 32.7 Å². The number of piperidine rings is 1. The van der Waals surface area contributed by atoms with Gasteiger partial charge in [-0.1, -0.05) is 24.6 Å². The second-order valence-corrected chi connectivity index (χ2v) is 6.03. The molecule has 1 aliphatic rings. The molecule has 3 nitrogen and oxygen atoms in total. The minimum Gasteiger partial charge on any atom is -0.360 e. The van der Waals surface area contributed by atoms with Crippen molar-refractivity contribution < 1.29 is 0 Å². The fraction of sp³-hybridized carbons (Fsp3) is 0.533. The second kappa shape index (κ2) is 7.25. The van der Waals surface area contributed by atoms with E-state index in [2.05, 4.69) is 22.5 Å². The van der Waals surface area contributed by atoms with E-state index >= 15 is 0 Å². The van der Waals surface area contributed by atoms with Crippen molar-refractivity contribution in [1.82, 2.24) is 10.2 Å². The van der Waals surface area contributed by atoms with Gasteiger partial charge in [-0.25, -0.2) is 0 Å². The number of likely N-dealkylation sites (tertiary alicyclic amines) is 1. The summed E-state index contributed by atoms with van der Waals surface area (Å²) in [6.45, 7) is 7.63. The minimum absolute atomic E-state index is 0.470. The lowest BCUT2D eigenvalue weighted by Crippen LogP contribution is -2.45. The Morgan fingerprint density at radius 3 is 2.75 bits per heavy atom. The fourth-order valence-electron chi connectivity index (χ4n) is 2.48. The Balaban J connectivity index is 1.85. The van der Waals surface area contributed by atoms with Crippen molar-refractivity contribution in [2.75, 3.05) is 25.0 Å². The smallest absolute Gasteiger partial charge is 0.171 e. The van der Waals surface area contributed by atoms with E-state index in [1.54, 1.807) is 0 Å². The highest BCUT2D eigenvalue weighted by Crippen LogP contribution is 2.22. The van der Waals surface area contributed by atoms with Crippen LogP contribution in [0.1, 0.15) is 25.3 Å². The predicted octanol–water partition coefficient (Wildman–Crippen LogP) is 3.42. The van der Waals surface area contributed by atoms with Crippen LogP contribution in [0.25, 0.3) is 0 Å². The highest BCUT2D eigenvalue weighted by atomic mass is 35.5. The molecule has 0 amide bonds. The monoisotopic (exact) mass is 311 g/mol. The number of rotatable bonds is 3. The number of nitrogens with one attached hydrogen (secondary N) is 2. The Bertz CT molecular complexity index is 470. The molecule has 110 valence electrons. The Kier molecular flexibility index (Phi) is 5.64. The molecule has 0 saturated carbocycles. The first-order valence-corrected chi connectivity index (χ1v) is 7.93. The summed E-state index contributed by atoms with van der Waals surface area (Å²) in [5, 5.41) is 8.10. The molecule has 0 radical (unpaired) electrons. The van der Waals surface area contributed by atoms with Crippen molar-refractivity contribution in [1.29, 1.82) is 0 Å². The summed E-state index contributed by atoms with van der Waals surface area (Å²) in [5.74, 6) is 0. The van der Waals surface area contributed by atoms with E-state index in [0.29, 0.717) is 11.2 Å². The van der Waals surface area contributed by atoms with Gasteiger partial charge in [0.1, 0.15) is 0 Å². The van der Waals surface area contributed by atoms with Gasteiger partial charge in [-0.2, -0.15) is 0 Å². The van der Waals surface area contributed by atoms with Crippen LogP contribution in [-0.4, -0.2) is 35.7 Å². The van der Waals surface area contributed by atoms with Crippen LogP contribution in [0, 0.1) is 6.92 Å². The van der Waals surface area contributed by atoms with E-state index in [0.717, 1.165) is 48.7 Å². The van der Waals surface area contributed by atoms with Crippen LogP contribution in [-0.2, 0) is 0 Å². The molecule has 2 N–H and O–H groups in total. The number of thiocarbonyl (C=S) groups is 1. The first-order valence-electron chi connectivity index (χ1n) is 7.15. The third-order valence-corrected chi connectivity index (χ3v) is 4.52. The second-order valence-electron chi connectivity index (χ2n) is 5.22. The van der Waals surface area contributed by atoms with Gasteiger partial charge in [-0.05, 0) is 56.2 Å². The number of hydrogen-bond acceptors (Lipinski definition) is 2. The summed E-state index contributed by atoms with van der Waals surface area (Å²) in [4.78, 5) is 2.47. The zero-order chi connectivity index (χ0) is 14.5. The van der Waals surface area contributed by atoms with Gasteiger partial charge in [0.05, 0.1) is 0 Å². The normalized spacial score (nSPS) is 16.9. The van der Waals surface area contributed by atoms with Crippen LogP contribution >= 0.6 is 23.8 Å². The number of anilines is 1. The van der Waals surface area contributed by atoms with Crippen molar-refractivity contribution in [3.8, 4) is 0 Å². The molecule has 0 aromatic heterocycles. The molecule has 1 aromatic carbocycles. The lowest BCUT2D eigenvalue weighted by atomic mass is 10.1. The Morgan fingerprint density at radius 1 is 1.40 bits per heavy atom. The van der Waals surface area contributed by atoms with Crippen molar-refractivity contribution >= 4 is 34.6 Å². The molecule has 1 fully saturated rings. The Labute approximate surface area is 131 Å². The standard InChI is InChI=1S/C15H22ClN3S/c1-3-19-9-7-12(8-10-19)17-15(20)18-14-6-4-5-13(16)11(14)2/h4-6,12H,3,7-10H2,1-2H3,(H2,17,18,20). The molecular weight excluding hydrogens is 290 g/mol. The van der Waals surface area contributed by atoms with E-state index in [-0.39, 0.29) is 0 Å². The summed E-state index contributed by atoms with van der Waals surface area (Å²) in [5.41, 5.74) is 2.00. The predicted molar refractivity (Wildman–Crippen MR) is 90.7 cm³/mol. The first kappa shape index (κ1) is 15.5. The quantitative estimate of drug-likeness (QED) is 0.837. The summed E-state index contributed by atoms with van der Waals surface area (Å²) >= 11 is 11.5. The molecular formula is C15H22ClN3S. The van der Waals surface area contributed by atoms with Crippen LogP contribution in [0.3, 0.4) is 0 Å². The maximum atomic E-state index is 6.11. The van der Waals surface area contributed by atoms with Crippen LogP contribution in [0.15, 0.2) is 18.2 Å². The molecule has 0 unspecified atom stereocenters. The molecule has 2 rings (SSSR count). The van der Waals surface area contributed by atoms with E-state index in [9.17, 15) is 0 Å². The van der Waals surface area contributed by atoms with Gasteiger partial charge < -0.3 is 15.5 Å². The average molecular weight is 312 g/mol. The van der Waals surface area contributed by atoms with E-state index < -0.39 is 0 Å². The van der Waals surface area contributed by atoms with Gasteiger partial charge in [0.15, 0.2) is 5.11 Å². The lowest BCUT2D eigenvalue weighted by molar-refractivity contribution is 0.216. The largest absolute Gasteiger partial charge is 0.360 e. The van der Waals surface area contributed by atoms with Crippen LogP contribution < -0.4 is 10.6 Å². The first-order chi connectivity index (χ1) is 9.60. The molecule has 0 spiro atoms. The van der Waals surface area contributed by atoms with Gasteiger partial charge >= 0.3 is 0 Å². The van der Waals surface area contributed by atoms with Crippen molar-refractivity contribution in [3.05, 3.63) is 28.8 Å². The topological polar surface area (TPSA) is 27.3 Å². The maximum absolute atomic E-state index is 6.11. The summed E-state index contributed by atoms with van der Waals surface area (Å²) < 4.78 is 0. The third-order valence-electron chi connectivity index (χ3n) is 3.89. The van der Waals surface area contributed by atoms with Gasteiger partial charge in [-0.15, -0.1) is 0 Å². The van der Waals surface area contributed by atoms with Crippen LogP contribution in [0.5, 0.6) is 0 Å². The number of benzene rings is 1. The molecule has 1 saturated heterocycles. The maximum Gasteiger partial charge on any atom is 0.171 e. The number of nitrogens with zero attached hydrogens (tertiary/aromatic N) is 1. The van der Waals surface area contributed by atoms with Gasteiger partial charge in [-0.3, -0.25) is 0 Å². The number of halogens is 1. The van der Waals surface area contributed by atoms with E-state index in [1.165, 1.54) is 0 Å². The highest BCUT2D eigenvalue weighted by Gasteiger charge is 2.18. The minimum atomic E-state index is 0.470. The molecule has 1 aromatic rings. The molecule has 0 bridgehead atoms. The molecule has 5 heteroatoms. The number of hydrogen-bond donors (Lipinski definition) is 2. The van der Waals surface area contributed by atoms with Gasteiger partial charge in [0.2, 0.25) is 0 Å².